The maximum Gasteiger partial charge on any atom is 0.0681 e. The van der Waals surface area contributed by atoms with Crippen molar-refractivity contribution in [2.75, 3.05) is 0 Å². The summed E-state index contributed by atoms with van der Waals surface area (Å²) < 4.78 is 0. The molecule has 2 rings (SSSR count). The third-order valence-corrected chi connectivity index (χ3v) is 3.33. The highest BCUT2D eigenvalue weighted by Gasteiger charge is 2.05. The van der Waals surface area contributed by atoms with Crippen molar-refractivity contribution in [3.8, 4) is 0 Å². The van der Waals surface area contributed by atoms with Crippen LogP contribution in [0, 0.1) is 6.92 Å². The van der Waals surface area contributed by atoms with Crippen molar-refractivity contribution in [1.82, 2.24) is 5.32 Å². The lowest BCUT2D eigenvalue weighted by Gasteiger charge is -2.15. The highest BCUT2D eigenvalue weighted by atomic mass is 16.3. The molecule has 2 heteroatoms. The van der Waals surface area contributed by atoms with Gasteiger partial charge in [0.25, 0.3) is 0 Å². The van der Waals surface area contributed by atoms with E-state index in [4.69, 9.17) is 5.11 Å². The summed E-state index contributed by atoms with van der Waals surface area (Å²) in [6.45, 7) is 5.20. The number of benzene rings is 2. The molecule has 0 aliphatic heterocycles. The van der Waals surface area contributed by atoms with E-state index in [9.17, 15) is 0 Å². The Morgan fingerprint density at radius 2 is 1.79 bits per heavy atom. The van der Waals surface area contributed by atoms with E-state index in [0.29, 0.717) is 0 Å². The Hall–Kier alpha value is -1.64. The Balaban J connectivity index is 1.99. The summed E-state index contributed by atoms with van der Waals surface area (Å²) in [6, 6.07) is 16.9. The molecule has 1 unspecified atom stereocenters. The van der Waals surface area contributed by atoms with Crippen LogP contribution < -0.4 is 5.32 Å². The predicted molar refractivity (Wildman–Crippen MR) is 78.8 cm³/mol. The fourth-order valence-corrected chi connectivity index (χ4v) is 2.17. The van der Waals surface area contributed by atoms with Gasteiger partial charge in [-0.2, -0.15) is 0 Å². The maximum absolute atomic E-state index is 9.16. The van der Waals surface area contributed by atoms with Crippen molar-refractivity contribution >= 4 is 0 Å². The average Bonchev–Trinajstić information content (AvgIpc) is 2.45. The Bertz CT molecular complexity index is 536. The Morgan fingerprint density at radius 3 is 2.53 bits per heavy atom. The molecule has 0 bridgehead atoms. The molecule has 0 heterocycles. The molecule has 0 aromatic heterocycles. The molecule has 0 fully saturated rings. The topological polar surface area (TPSA) is 32.3 Å². The molecule has 0 radical (unpaired) electrons. The minimum absolute atomic E-state index is 0.0957. The van der Waals surface area contributed by atoms with Gasteiger partial charge < -0.3 is 10.4 Å². The van der Waals surface area contributed by atoms with Gasteiger partial charge in [0.1, 0.15) is 0 Å². The van der Waals surface area contributed by atoms with Crippen LogP contribution in [0.2, 0.25) is 0 Å². The number of rotatable bonds is 5. The van der Waals surface area contributed by atoms with E-state index in [1.165, 1.54) is 16.7 Å². The number of aliphatic hydroxyl groups excluding tert-OH is 1. The molecule has 2 nitrogen and oxygen atoms in total. The lowest BCUT2D eigenvalue weighted by Crippen LogP contribution is -2.18. The van der Waals surface area contributed by atoms with Crippen LogP contribution in [0.15, 0.2) is 48.5 Å². The first kappa shape index (κ1) is 13.8. The van der Waals surface area contributed by atoms with Gasteiger partial charge in [0.15, 0.2) is 0 Å². The van der Waals surface area contributed by atoms with E-state index in [2.05, 4.69) is 49.5 Å². The van der Waals surface area contributed by atoms with Crippen LogP contribution in [0.25, 0.3) is 0 Å². The van der Waals surface area contributed by atoms with Crippen molar-refractivity contribution < 1.29 is 5.11 Å². The molecule has 19 heavy (non-hydrogen) atoms. The van der Waals surface area contributed by atoms with Gasteiger partial charge in [-0.05, 0) is 30.5 Å². The van der Waals surface area contributed by atoms with Gasteiger partial charge >= 0.3 is 0 Å². The molecule has 2 N–H and O–H groups in total. The minimum atomic E-state index is 0.0957. The first-order chi connectivity index (χ1) is 9.19. The number of hydrogen-bond donors (Lipinski definition) is 2. The van der Waals surface area contributed by atoms with E-state index < -0.39 is 0 Å². The summed E-state index contributed by atoms with van der Waals surface area (Å²) in [4.78, 5) is 0. The van der Waals surface area contributed by atoms with Crippen LogP contribution in [0.4, 0.5) is 0 Å². The molecule has 100 valence electrons. The smallest absolute Gasteiger partial charge is 0.0681 e. The molecule has 0 aliphatic rings. The molecule has 0 saturated carbocycles. The van der Waals surface area contributed by atoms with Gasteiger partial charge in [-0.1, -0.05) is 54.1 Å². The quantitative estimate of drug-likeness (QED) is 0.859. The van der Waals surface area contributed by atoms with E-state index in [1.807, 2.05) is 18.2 Å². The zero-order chi connectivity index (χ0) is 13.7. The zero-order valence-corrected chi connectivity index (χ0v) is 11.6. The Kier molecular flexibility index (Phi) is 4.72. The number of nitrogens with one attached hydrogen (secondary N) is 1. The van der Waals surface area contributed by atoms with Crippen LogP contribution in [-0.4, -0.2) is 5.11 Å². The van der Waals surface area contributed by atoms with Crippen molar-refractivity contribution in [2.24, 2.45) is 0 Å². The SMILES string of the molecule is Cc1cccc(CNC(C)c2cccc(CO)c2)c1. The molecule has 0 amide bonds. The van der Waals surface area contributed by atoms with Gasteiger partial charge in [0.2, 0.25) is 0 Å². The molecule has 0 spiro atoms. The first-order valence-electron chi connectivity index (χ1n) is 6.67. The Morgan fingerprint density at radius 1 is 1.05 bits per heavy atom. The summed E-state index contributed by atoms with van der Waals surface area (Å²) in [7, 11) is 0. The van der Waals surface area contributed by atoms with Crippen LogP contribution in [0.3, 0.4) is 0 Å². The largest absolute Gasteiger partial charge is 0.392 e. The third kappa shape index (κ3) is 3.91. The van der Waals surface area contributed by atoms with Crippen LogP contribution in [0.5, 0.6) is 0 Å². The van der Waals surface area contributed by atoms with Gasteiger partial charge in [0.05, 0.1) is 6.61 Å². The van der Waals surface area contributed by atoms with Gasteiger partial charge in [0, 0.05) is 12.6 Å². The standard InChI is InChI=1S/C17H21NO/c1-13-5-3-6-15(9-13)11-18-14(2)17-8-4-7-16(10-17)12-19/h3-10,14,18-19H,11-12H2,1-2H3. The highest BCUT2D eigenvalue weighted by Crippen LogP contribution is 2.15. The summed E-state index contributed by atoms with van der Waals surface area (Å²) in [6.07, 6.45) is 0. The van der Waals surface area contributed by atoms with Crippen molar-refractivity contribution in [3.63, 3.8) is 0 Å². The average molecular weight is 255 g/mol. The normalized spacial score (nSPS) is 12.4. The van der Waals surface area contributed by atoms with Gasteiger partial charge in [-0.25, -0.2) is 0 Å². The number of aryl methyl sites for hydroxylation is 1. The second-order valence-corrected chi connectivity index (χ2v) is 4.99. The minimum Gasteiger partial charge on any atom is -0.392 e. The predicted octanol–water partition coefficient (Wildman–Crippen LogP) is 3.34. The van der Waals surface area contributed by atoms with E-state index in [1.54, 1.807) is 0 Å². The van der Waals surface area contributed by atoms with Crippen molar-refractivity contribution in [2.45, 2.75) is 33.0 Å². The lowest BCUT2D eigenvalue weighted by atomic mass is 10.0. The summed E-state index contributed by atoms with van der Waals surface area (Å²) in [5.74, 6) is 0. The van der Waals surface area contributed by atoms with Crippen molar-refractivity contribution in [3.05, 3.63) is 70.8 Å². The molecule has 0 saturated heterocycles. The fourth-order valence-electron chi connectivity index (χ4n) is 2.17. The van der Waals surface area contributed by atoms with E-state index in [-0.39, 0.29) is 12.6 Å². The number of aliphatic hydroxyl groups is 1. The van der Waals surface area contributed by atoms with Gasteiger partial charge in [-0.3, -0.25) is 0 Å². The van der Waals surface area contributed by atoms with Gasteiger partial charge in [-0.15, -0.1) is 0 Å². The fraction of sp³-hybridized carbons (Fsp3) is 0.294. The van der Waals surface area contributed by atoms with E-state index in [0.717, 1.165) is 12.1 Å². The van der Waals surface area contributed by atoms with E-state index >= 15 is 0 Å². The molecular weight excluding hydrogens is 234 g/mol. The molecule has 2 aromatic carbocycles. The third-order valence-electron chi connectivity index (χ3n) is 3.33. The molecular formula is C17H21NO. The van der Waals surface area contributed by atoms with Crippen LogP contribution in [-0.2, 0) is 13.2 Å². The second-order valence-electron chi connectivity index (χ2n) is 4.99. The highest BCUT2D eigenvalue weighted by molar-refractivity contribution is 5.26. The molecule has 2 aromatic rings. The zero-order valence-electron chi connectivity index (χ0n) is 11.6. The summed E-state index contributed by atoms with van der Waals surface area (Å²) >= 11 is 0. The monoisotopic (exact) mass is 255 g/mol. The Labute approximate surface area is 115 Å². The lowest BCUT2D eigenvalue weighted by molar-refractivity contribution is 0.281. The summed E-state index contributed by atoms with van der Waals surface area (Å²) in [5.41, 5.74) is 4.75. The summed E-state index contributed by atoms with van der Waals surface area (Å²) in [5, 5.41) is 12.7. The first-order valence-corrected chi connectivity index (χ1v) is 6.67. The second kappa shape index (κ2) is 6.50. The number of hydrogen-bond acceptors (Lipinski definition) is 2. The van der Waals surface area contributed by atoms with Crippen LogP contribution >= 0.6 is 0 Å². The van der Waals surface area contributed by atoms with Crippen molar-refractivity contribution in [1.29, 1.82) is 0 Å². The van der Waals surface area contributed by atoms with Crippen LogP contribution in [0.1, 0.15) is 35.2 Å². The molecule has 0 aliphatic carbocycles. The molecule has 1 atom stereocenters. The maximum atomic E-state index is 9.16.